The van der Waals surface area contributed by atoms with E-state index < -0.39 is 15.1 Å². The van der Waals surface area contributed by atoms with E-state index in [1.54, 1.807) is 6.92 Å². The largest absolute Gasteiger partial charge is 0.406 e. The first-order valence-electron chi connectivity index (χ1n) is 2.32. The molecule has 1 aliphatic rings. The third-order valence-electron chi connectivity index (χ3n) is 0.875. The van der Waals surface area contributed by atoms with Crippen LogP contribution >= 0.6 is 15.9 Å². The van der Waals surface area contributed by atoms with E-state index in [1.165, 1.54) is 0 Å². The van der Waals surface area contributed by atoms with Gasteiger partial charge in [0.15, 0.2) is 0 Å². The molecular formula is C3H5BrO4S. The highest BCUT2D eigenvalue weighted by Gasteiger charge is 2.48. The number of hydrogen-bond acceptors (Lipinski definition) is 4. The van der Waals surface area contributed by atoms with E-state index in [0.717, 1.165) is 0 Å². The molecule has 1 saturated heterocycles. The minimum atomic E-state index is -3.65. The van der Waals surface area contributed by atoms with E-state index in [-0.39, 0.29) is 0 Å². The van der Waals surface area contributed by atoms with E-state index in [1.807, 2.05) is 0 Å². The van der Waals surface area contributed by atoms with E-state index >= 15 is 0 Å². The zero-order valence-electron chi connectivity index (χ0n) is 4.63. The lowest BCUT2D eigenvalue weighted by Gasteiger charge is -2.32. The highest BCUT2D eigenvalue weighted by Crippen LogP contribution is 2.38. The summed E-state index contributed by atoms with van der Waals surface area (Å²) >= 11 is 2.92. The van der Waals surface area contributed by atoms with Crippen molar-refractivity contribution in [1.29, 1.82) is 0 Å². The molecular weight excluding hydrogens is 212 g/mol. The quantitative estimate of drug-likeness (QED) is 0.607. The maximum atomic E-state index is 10.2. The molecule has 9 heavy (non-hydrogen) atoms. The summed E-state index contributed by atoms with van der Waals surface area (Å²) in [5.41, 5.74) is 0. The number of alkyl halides is 1. The molecule has 0 aromatic rings. The van der Waals surface area contributed by atoms with Gasteiger partial charge in [-0.15, -0.1) is 0 Å². The summed E-state index contributed by atoms with van der Waals surface area (Å²) in [5.74, 6) is 0. The molecule has 0 aromatic carbocycles. The number of rotatable bonds is 1. The molecule has 0 radical (unpaired) electrons. The Morgan fingerprint density at radius 2 is 2.00 bits per heavy atom. The predicted molar refractivity (Wildman–Crippen MR) is 33.0 cm³/mol. The second-order valence-electron chi connectivity index (χ2n) is 1.59. The highest BCUT2D eigenvalue weighted by atomic mass is 79.9. The Morgan fingerprint density at radius 1 is 1.56 bits per heavy atom. The average Bonchev–Trinajstić information content (AvgIpc) is 1.61. The molecule has 54 valence electrons. The van der Waals surface area contributed by atoms with Crippen LogP contribution in [-0.2, 0) is 18.8 Å². The molecule has 0 amide bonds. The van der Waals surface area contributed by atoms with E-state index in [2.05, 4.69) is 24.3 Å². The van der Waals surface area contributed by atoms with Gasteiger partial charge in [-0.05, 0) is 15.9 Å². The van der Waals surface area contributed by atoms with Crippen molar-refractivity contribution in [2.75, 3.05) is 0 Å². The Labute approximate surface area is 61.6 Å². The lowest BCUT2D eigenvalue weighted by molar-refractivity contribution is -0.106. The summed E-state index contributed by atoms with van der Waals surface area (Å²) < 4.78 is 28.0. The molecule has 0 aliphatic carbocycles. The third-order valence-corrected chi connectivity index (χ3v) is 3.14. The minimum absolute atomic E-state index is 0.451. The van der Waals surface area contributed by atoms with Crippen LogP contribution in [0.25, 0.3) is 0 Å². The van der Waals surface area contributed by atoms with Crippen LogP contribution in [0.3, 0.4) is 0 Å². The first-order chi connectivity index (χ1) is 3.97. The molecule has 0 aromatic heterocycles. The molecule has 0 bridgehead atoms. The minimum Gasteiger partial charge on any atom is -0.201 e. The molecule has 1 aliphatic heterocycles. The molecule has 0 atom stereocenters. The molecule has 0 saturated carbocycles. The van der Waals surface area contributed by atoms with Gasteiger partial charge in [-0.1, -0.05) is 6.92 Å². The van der Waals surface area contributed by atoms with Crippen LogP contribution in [0.15, 0.2) is 0 Å². The Hall–Kier alpha value is 0.350. The van der Waals surface area contributed by atoms with Crippen LogP contribution in [0, 0.1) is 0 Å². The van der Waals surface area contributed by atoms with Gasteiger partial charge in [0.1, 0.15) is 0 Å². The van der Waals surface area contributed by atoms with Gasteiger partial charge in [0.25, 0.3) is 4.70 Å². The van der Waals surface area contributed by atoms with Gasteiger partial charge in [-0.3, -0.25) is 0 Å². The van der Waals surface area contributed by atoms with E-state index in [4.69, 9.17) is 0 Å². The highest BCUT2D eigenvalue weighted by molar-refractivity contribution is 9.10. The molecule has 1 rings (SSSR count). The van der Waals surface area contributed by atoms with Crippen molar-refractivity contribution in [2.24, 2.45) is 0 Å². The molecule has 1 heterocycles. The van der Waals surface area contributed by atoms with Crippen molar-refractivity contribution >= 4 is 26.3 Å². The monoisotopic (exact) mass is 216 g/mol. The van der Waals surface area contributed by atoms with Crippen molar-refractivity contribution in [2.45, 2.75) is 18.0 Å². The fraction of sp³-hybridized carbons (Fsp3) is 1.00. The van der Waals surface area contributed by atoms with Crippen LogP contribution in [0.2, 0.25) is 0 Å². The van der Waals surface area contributed by atoms with E-state index in [0.29, 0.717) is 6.42 Å². The maximum Gasteiger partial charge on any atom is 0.406 e. The Morgan fingerprint density at radius 3 is 2.11 bits per heavy atom. The second kappa shape index (κ2) is 1.91. The second-order valence-corrected chi connectivity index (χ2v) is 3.95. The van der Waals surface area contributed by atoms with Crippen LogP contribution in [0.5, 0.6) is 0 Å². The van der Waals surface area contributed by atoms with Crippen molar-refractivity contribution < 1.29 is 16.8 Å². The van der Waals surface area contributed by atoms with Gasteiger partial charge >= 0.3 is 10.4 Å². The van der Waals surface area contributed by atoms with Crippen LogP contribution < -0.4 is 0 Å². The Bertz CT molecular complexity index is 196. The lowest BCUT2D eigenvalue weighted by Crippen LogP contribution is -2.44. The topological polar surface area (TPSA) is 52.6 Å². The number of hydrogen-bond donors (Lipinski definition) is 0. The lowest BCUT2D eigenvalue weighted by atomic mass is 10.5. The predicted octanol–water partition coefficient (Wildman–Crippen LogP) is 0.737. The van der Waals surface area contributed by atoms with Gasteiger partial charge in [0.2, 0.25) is 0 Å². The summed E-state index contributed by atoms with van der Waals surface area (Å²) in [6, 6.07) is 0. The summed E-state index contributed by atoms with van der Waals surface area (Å²) in [5, 5.41) is 0. The van der Waals surface area contributed by atoms with Crippen LogP contribution in [-0.4, -0.2) is 13.1 Å². The van der Waals surface area contributed by atoms with Crippen LogP contribution in [0.4, 0.5) is 0 Å². The summed E-state index contributed by atoms with van der Waals surface area (Å²) in [6.45, 7) is 1.74. The molecule has 1 fully saturated rings. The zero-order valence-corrected chi connectivity index (χ0v) is 7.03. The standard InChI is InChI=1S/C3H5BrO4S/c1-2-3(4)7-9(5,6)8-3/h2H2,1H3. The van der Waals surface area contributed by atoms with Gasteiger partial charge in [-0.2, -0.15) is 8.42 Å². The molecule has 6 heteroatoms. The Kier molecular flexibility index (Phi) is 1.59. The van der Waals surface area contributed by atoms with Gasteiger partial charge in [-0.25, -0.2) is 8.37 Å². The van der Waals surface area contributed by atoms with Crippen molar-refractivity contribution in [1.82, 2.24) is 0 Å². The van der Waals surface area contributed by atoms with E-state index in [9.17, 15) is 8.42 Å². The van der Waals surface area contributed by atoms with Crippen molar-refractivity contribution in [3.8, 4) is 0 Å². The molecule has 0 spiro atoms. The SMILES string of the molecule is CCC1(Br)OS(=O)(=O)O1. The molecule has 0 N–H and O–H groups in total. The average molecular weight is 217 g/mol. The smallest absolute Gasteiger partial charge is 0.201 e. The fourth-order valence-electron chi connectivity index (χ4n) is 0.429. The summed E-state index contributed by atoms with van der Waals surface area (Å²) in [7, 11) is -3.65. The first kappa shape index (κ1) is 7.46. The maximum absolute atomic E-state index is 10.2. The van der Waals surface area contributed by atoms with Gasteiger partial charge < -0.3 is 0 Å². The first-order valence-corrected chi connectivity index (χ1v) is 4.45. The molecule has 0 unspecified atom stereocenters. The van der Waals surface area contributed by atoms with Gasteiger partial charge in [0.05, 0.1) is 0 Å². The third kappa shape index (κ3) is 1.43. The van der Waals surface area contributed by atoms with Crippen LogP contribution in [0.1, 0.15) is 13.3 Å². The number of halogens is 1. The Balaban J connectivity index is 2.61. The summed E-state index contributed by atoms with van der Waals surface area (Å²) in [4.78, 5) is 0. The summed E-state index contributed by atoms with van der Waals surface area (Å²) in [6.07, 6.45) is 0.451. The fourth-order valence-corrected chi connectivity index (χ4v) is 2.26. The zero-order chi connectivity index (χ0) is 7.12. The normalized spacial score (nSPS) is 29.1. The van der Waals surface area contributed by atoms with Gasteiger partial charge in [0, 0.05) is 6.42 Å². The van der Waals surface area contributed by atoms with Crippen molar-refractivity contribution in [3.63, 3.8) is 0 Å². The van der Waals surface area contributed by atoms with Crippen molar-refractivity contribution in [3.05, 3.63) is 0 Å². The molecule has 4 nitrogen and oxygen atoms in total.